The van der Waals surface area contributed by atoms with Gasteiger partial charge in [-0.05, 0) is 30.7 Å². The van der Waals surface area contributed by atoms with Gasteiger partial charge < -0.3 is 19.9 Å². The molecule has 110 valence electrons. The number of benzene rings is 1. The Balaban J connectivity index is 2.28. The number of aliphatic hydroxyl groups excluding tert-OH is 1. The van der Waals surface area contributed by atoms with Crippen molar-refractivity contribution in [1.29, 1.82) is 0 Å². The van der Waals surface area contributed by atoms with Crippen molar-refractivity contribution in [3.8, 4) is 23.8 Å². The van der Waals surface area contributed by atoms with Gasteiger partial charge in [0.1, 0.15) is 24.2 Å². The lowest BCUT2D eigenvalue weighted by atomic mass is 10.1. The zero-order chi connectivity index (χ0) is 14.8. The highest BCUT2D eigenvalue weighted by atomic mass is 16.5. The highest BCUT2D eigenvalue weighted by Gasteiger charge is 2.09. The zero-order valence-corrected chi connectivity index (χ0v) is 12.1. The summed E-state index contributed by atoms with van der Waals surface area (Å²) >= 11 is 0. The van der Waals surface area contributed by atoms with E-state index in [1.54, 1.807) is 7.11 Å². The number of terminal acetylenes is 1. The standard InChI is InChI=1S/C16H23NO3/c1-4-6-13(5-2)17-11-14(18)12-20-16-9-7-15(19-3)8-10-16/h1,7-10,13-14,17-18H,5-6,11-12H2,2-3H3. The summed E-state index contributed by atoms with van der Waals surface area (Å²) < 4.78 is 10.6. The van der Waals surface area contributed by atoms with E-state index < -0.39 is 6.10 Å². The van der Waals surface area contributed by atoms with E-state index in [9.17, 15) is 5.11 Å². The van der Waals surface area contributed by atoms with Gasteiger partial charge in [0.2, 0.25) is 0 Å². The Labute approximate surface area is 121 Å². The van der Waals surface area contributed by atoms with Crippen LogP contribution in [0.2, 0.25) is 0 Å². The maximum atomic E-state index is 9.86. The fourth-order valence-corrected chi connectivity index (χ4v) is 1.73. The molecule has 20 heavy (non-hydrogen) atoms. The third kappa shape index (κ3) is 5.96. The van der Waals surface area contributed by atoms with Crippen LogP contribution < -0.4 is 14.8 Å². The van der Waals surface area contributed by atoms with Crippen LogP contribution in [-0.2, 0) is 0 Å². The molecule has 0 aromatic heterocycles. The van der Waals surface area contributed by atoms with E-state index in [4.69, 9.17) is 15.9 Å². The minimum absolute atomic E-state index is 0.242. The molecule has 4 heteroatoms. The van der Waals surface area contributed by atoms with Gasteiger partial charge in [0.15, 0.2) is 0 Å². The van der Waals surface area contributed by atoms with E-state index >= 15 is 0 Å². The Morgan fingerprint density at radius 2 is 1.95 bits per heavy atom. The minimum Gasteiger partial charge on any atom is -0.497 e. The molecule has 0 heterocycles. The summed E-state index contributed by atoms with van der Waals surface area (Å²) in [5.41, 5.74) is 0. The van der Waals surface area contributed by atoms with Crippen molar-refractivity contribution in [3.63, 3.8) is 0 Å². The number of nitrogens with one attached hydrogen (secondary N) is 1. The topological polar surface area (TPSA) is 50.7 Å². The monoisotopic (exact) mass is 277 g/mol. The van der Waals surface area contributed by atoms with Crippen molar-refractivity contribution in [2.75, 3.05) is 20.3 Å². The first-order valence-corrected chi connectivity index (χ1v) is 6.81. The fraction of sp³-hybridized carbons (Fsp3) is 0.500. The van der Waals surface area contributed by atoms with E-state index in [0.717, 1.165) is 12.2 Å². The van der Waals surface area contributed by atoms with Gasteiger partial charge >= 0.3 is 0 Å². The van der Waals surface area contributed by atoms with Gasteiger partial charge in [-0.2, -0.15) is 0 Å². The Hall–Kier alpha value is -1.70. The zero-order valence-electron chi connectivity index (χ0n) is 12.1. The van der Waals surface area contributed by atoms with Crippen molar-refractivity contribution < 1.29 is 14.6 Å². The molecule has 0 amide bonds. The van der Waals surface area contributed by atoms with Crippen LogP contribution in [0.15, 0.2) is 24.3 Å². The van der Waals surface area contributed by atoms with E-state index in [0.29, 0.717) is 18.7 Å². The van der Waals surface area contributed by atoms with E-state index in [2.05, 4.69) is 18.2 Å². The summed E-state index contributed by atoms with van der Waals surface area (Å²) in [5, 5.41) is 13.1. The lowest BCUT2D eigenvalue weighted by Gasteiger charge is -2.18. The molecule has 2 unspecified atom stereocenters. The van der Waals surface area contributed by atoms with Crippen molar-refractivity contribution >= 4 is 0 Å². The number of aliphatic hydroxyl groups is 1. The molecule has 4 nitrogen and oxygen atoms in total. The van der Waals surface area contributed by atoms with E-state index in [1.807, 2.05) is 24.3 Å². The normalized spacial score (nSPS) is 13.3. The molecule has 1 aromatic rings. The van der Waals surface area contributed by atoms with Crippen LogP contribution in [0.4, 0.5) is 0 Å². The molecule has 1 aromatic carbocycles. The minimum atomic E-state index is -0.566. The molecule has 1 rings (SSSR count). The molecule has 0 aliphatic heterocycles. The van der Waals surface area contributed by atoms with Crippen LogP contribution in [0.3, 0.4) is 0 Å². The van der Waals surface area contributed by atoms with Gasteiger partial charge in [0, 0.05) is 19.0 Å². The molecule has 0 radical (unpaired) electrons. The second-order valence-corrected chi connectivity index (χ2v) is 4.56. The molecule has 0 aliphatic carbocycles. The van der Waals surface area contributed by atoms with Crippen LogP contribution in [0.25, 0.3) is 0 Å². The molecule has 0 saturated heterocycles. The Morgan fingerprint density at radius 3 is 2.50 bits per heavy atom. The average Bonchev–Trinajstić information content (AvgIpc) is 2.49. The number of methoxy groups -OCH3 is 1. The second-order valence-electron chi connectivity index (χ2n) is 4.56. The van der Waals surface area contributed by atoms with Gasteiger partial charge in [-0.1, -0.05) is 6.92 Å². The lowest BCUT2D eigenvalue weighted by Crippen LogP contribution is -2.37. The first-order valence-electron chi connectivity index (χ1n) is 6.81. The largest absolute Gasteiger partial charge is 0.497 e. The van der Waals surface area contributed by atoms with Gasteiger partial charge in [-0.25, -0.2) is 0 Å². The van der Waals surface area contributed by atoms with Gasteiger partial charge in [0.25, 0.3) is 0 Å². The maximum absolute atomic E-state index is 9.86. The van der Waals surface area contributed by atoms with Crippen LogP contribution in [0.5, 0.6) is 11.5 Å². The summed E-state index contributed by atoms with van der Waals surface area (Å²) in [4.78, 5) is 0. The summed E-state index contributed by atoms with van der Waals surface area (Å²) in [6.07, 6.45) is 6.33. The fourth-order valence-electron chi connectivity index (χ4n) is 1.73. The summed E-state index contributed by atoms with van der Waals surface area (Å²) in [6.45, 7) is 2.78. The van der Waals surface area contributed by atoms with Crippen molar-refractivity contribution in [1.82, 2.24) is 5.32 Å². The van der Waals surface area contributed by atoms with Gasteiger partial charge in [-0.3, -0.25) is 0 Å². The predicted molar refractivity (Wildman–Crippen MR) is 80.0 cm³/mol. The lowest BCUT2D eigenvalue weighted by molar-refractivity contribution is 0.103. The van der Waals surface area contributed by atoms with Crippen molar-refractivity contribution in [3.05, 3.63) is 24.3 Å². The highest BCUT2D eigenvalue weighted by molar-refractivity contribution is 5.31. The molecule has 2 atom stereocenters. The van der Waals surface area contributed by atoms with E-state index in [-0.39, 0.29) is 12.6 Å². The van der Waals surface area contributed by atoms with Gasteiger partial charge in [-0.15, -0.1) is 12.3 Å². The molecule has 0 bridgehead atoms. The van der Waals surface area contributed by atoms with Gasteiger partial charge in [0.05, 0.1) is 7.11 Å². The molecule has 0 aliphatic rings. The highest BCUT2D eigenvalue weighted by Crippen LogP contribution is 2.17. The predicted octanol–water partition coefficient (Wildman–Crippen LogP) is 1.83. The van der Waals surface area contributed by atoms with Crippen LogP contribution in [0.1, 0.15) is 19.8 Å². The maximum Gasteiger partial charge on any atom is 0.119 e. The molecule has 2 N–H and O–H groups in total. The Bertz CT molecular complexity index is 411. The quantitative estimate of drug-likeness (QED) is 0.676. The Morgan fingerprint density at radius 1 is 1.30 bits per heavy atom. The number of ether oxygens (including phenoxy) is 2. The Kier molecular flexibility index (Phi) is 7.56. The van der Waals surface area contributed by atoms with E-state index in [1.165, 1.54) is 0 Å². The molecular formula is C16H23NO3. The molecule has 0 spiro atoms. The second kappa shape index (κ2) is 9.24. The van der Waals surface area contributed by atoms with Crippen LogP contribution >= 0.6 is 0 Å². The summed E-state index contributed by atoms with van der Waals surface area (Å²) in [5.74, 6) is 4.11. The SMILES string of the molecule is C#CCC(CC)NCC(O)COc1ccc(OC)cc1. The smallest absolute Gasteiger partial charge is 0.119 e. The molecule has 0 fully saturated rings. The molecule has 0 saturated carbocycles. The van der Waals surface area contributed by atoms with Crippen molar-refractivity contribution in [2.24, 2.45) is 0 Å². The molecular weight excluding hydrogens is 254 g/mol. The van der Waals surface area contributed by atoms with Crippen LogP contribution in [-0.4, -0.2) is 37.5 Å². The number of rotatable bonds is 9. The first kappa shape index (κ1) is 16.4. The van der Waals surface area contributed by atoms with Crippen molar-refractivity contribution in [2.45, 2.75) is 31.9 Å². The number of hydrogen-bond donors (Lipinski definition) is 2. The number of hydrogen-bond acceptors (Lipinski definition) is 4. The van der Waals surface area contributed by atoms with Crippen LogP contribution in [0, 0.1) is 12.3 Å². The average molecular weight is 277 g/mol. The third-order valence-corrected chi connectivity index (χ3v) is 3.00. The first-order chi connectivity index (χ1) is 9.69. The summed E-state index contributed by atoms with van der Waals surface area (Å²) in [6, 6.07) is 7.51. The summed E-state index contributed by atoms with van der Waals surface area (Å²) in [7, 11) is 1.62. The third-order valence-electron chi connectivity index (χ3n) is 3.00.